The maximum atomic E-state index is 12.9. The van der Waals surface area contributed by atoms with Crippen LogP contribution in [0.25, 0.3) is 10.8 Å². The first-order chi connectivity index (χ1) is 17.2. The molecule has 0 unspecified atom stereocenters. The Hall–Kier alpha value is -4.24. The molecule has 0 spiro atoms. The maximum Gasteiger partial charge on any atom is 0.416 e. The number of benzene rings is 4. The quantitative estimate of drug-likeness (QED) is 0.283. The van der Waals surface area contributed by atoms with Crippen LogP contribution in [0.4, 0.5) is 24.5 Å². The minimum atomic E-state index is -4.50. The lowest BCUT2D eigenvalue weighted by atomic mass is 10.0. The van der Waals surface area contributed by atoms with Crippen molar-refractivity contribution < 1.29 is 22.8 Å². The zero-order chi connectivity index (χ0) is 25.7. The SMILES string of the molecule is O=C(Cc1cccc2ccccc12)NC(=S)Nc1ccc(C(=O)Nc2cccc(C(F)(F)F)c2)cc1. The van der Waals surface area contributed by atoms with Gasteiger partial charge < -0.3 is 16.0 Å². The van der Waals surface area contributed by atoms with Gasteiger partial charge in [-0.2, -0.15) is 13.2 Å². The number of fused-ring (bicyclic) bond motifs is 1. The molecule has 0 aliphatic heterocycles. The Labute approximate surface area is 210 Å². The van der Waals surface area contributed by atoms with Gasteiger partial charge in [-0.25, -0.2) is 0 Å². The minimum absolute atomic E-state index is 0.0344. The van der Waals surface area contributed by atoms with Gasteiger partial charge in [0.1, 0.15) is 0 Å². The van der Waals surface area contributed by atoms with Crippen molar-refractivity contribution in [3.05, 3.63) is 108 Å². The molecule has 0 aromatic heterocycles. The van der Waals surface area contributed by atoms with E-state index in [-0.39, 0.29) is 28.7 Å². The number of rotatable bonds is 5. The molecule has 0 saturated heterocycles. The zero-order valence-electron chi connectivity index (χ0n) is 18.7. The number of halogens is 3. The topological polar surface area (TPSA) is 70.2 Å². The highest BCUT2D eigenvalue weighted by molar-refractivity contribution is 7.80. The molecule has 3 N–H and O–H groups in total. The molecule has 0 atom stereocenters. The summed E-state index contributed by atoms with van der Waals surface area (Å²) in [5.74, 6) is -0.840. The summed E-state index contributed by atoms with van der Waals surface area (Å²) in [6, 6.07) is 24.1. The van der Waals surface area contributed by atoms with Gasteiger partial charge in [-0.05, 0) is 71.0 Å². The number of alkyl halides is 3. The van der Waals surface area contributed by atoms with E-state index >= 15 is 0 Å². The summed E-state index contributed by atoms with van der Waals surface area (Å²) in [4.78, 5) is 24.9. The predicted octanol–water partition coefficient (Wildman–Crippen LogP) is 6.17. The van der Waals surface area contributed by atoms with Gasteiger partial charge in [0.05, 0.1) is 12.0 Å². The lowest BCUT2D eigenvalue weighted by Crippen LogP contribution is -2.35. The summed E-state index contributed by atoms with van der Waals surface area (Å²) in [6.45, 7) is 0. The lowest BCUT2D eigenvalue weighted by molar-refractivity contribution is -0.137. The predicted molar refractivity (Wildman–Crippen MR) is 138 cm³/mol. The smallest absolute Gasteiger partial charge is 0.332 e. The van der Waals surface area contributed by atoms with Gasteiger partial charge in [-0.3, -0.25) is 9.59 Å². The fourth-order valence-corrected chi connectivity index (χ4v) is 3.87. The monoisotopic (exact) mass is 507 g/mol. The van der Waals surface area contributed by atoms with Gasteiger partial charge in [0.15, 0.2) is 5.11 Å². The summed E-state index contributed by atoms with van der Waals surface area (Å²) in [7, 11) is 0. The summed E-state index contributed by atoms with van der Waals surface area (Å²) in [5, 5.41) is 10.1. The standard InChI is InChI=1S/C27H20F3N3O2S/c28-27(29,30)20-8-4-9-22(16-20)31-25(35)18-11-13-21(14-12-18)32-26(36)33-24(34)15-19-7-3-6-17-5-1-2-10-23(17)19/h1-14,16H,15H2,(H,31,35)(H2,32,33,34,36). The molecule has 0 heterocycles. The van der Waals surface area contributed by atoms with Crippen LogP contribution in [-0.4, -0.2) is 16.9 Å². The van der Waals surface area contributed by atoms with Crippen molar-refractivity contribution >= 4 is 51.3 Å². The van der Waals surface area contributed by atoms with E-state index in [0.29, 0.717) is 5.69 Å². The van der Waals surface area contributed by atoms with Crippen molar-refractivity contribution in [2.75, 3.05) is 10.6 Å². The van der Waals surface area contributed by atoms with Crippen LogP contribution >= 0.6 is 12.2 Å². The van der Waals surface area contributed by atoms with E-state index in [2.05, 4.69) is 16.0 Å². The van der Waals surface area contributed by atoms with Crippen LogP contribution in [0.5, 0.6) is 0 Å². The summed E-state index contributed by atoms with van der Waals surface area (Å²) >= 11 is 5.22. The van der Waals surface area contributed by atoms with E-state index in [1.54, 1.807) is 12.1 Å². The van der Waals surface area contributed by atoms with Gasteiger partial charge in [0.2, 0.25) is 5.91 Å². The molecule has 36 heavy (non-hydrogen) atoms. The minimum Gasteiger partial charge on any atom is -0.332 e. The number of amides is 2. The molecule has 9 heteroatoms. The highest BCUT2D eigenvalue weighted by Crippen LogP contribution is 2.30. The Balaban J connectivity index is 1.33. The summed E-state index contributed by atoms with van der Waals surface area (Å²) in [6.07, 6.45) is -4.35. The third-order valence-electron chi connectivity index (χ3n) is 5.34. The van der Waals surface area contributed by atoms with Crippen molar-refractivity contribution in [3.63, 3.8) is 0 Å². The molecule has 4 aromatic carbocycles. The number of thiocarbonyl (C=S) groups is 1. The fraction of sp³-hybridized carbons (Fsp3) is 0.0741. The molecule has 5 nitrogen and oxygen atoms in total. The van der Waals surface area contributed by atoms with Gasteiger partial charge in [-0.15, -0.1) is 0 Å². The van der Waals surface area contributed by atoms with E-state index in [1.807, 2.05) is 42.5 Å². The fourth-order valence-electron chi connectivity index (χ4n) is 3.63. The lowest BCUT2D eigenvalue weighted by Gasteiger charge is -2.12. The molecular formula is C27H20F3N3O2S. The zero-order valence-corrected chi connectivity index (χ0v) is 19.5. The van der Waals surface area contributed by atoms with Crippen LogP contribution in [0.1, 0.15) is 21.5 Å². The Morgan fingerprint density at radius 3 is 2.22 bits per heavy atom. The molecule has 182 valence electrons. The molecule has 2 amide bonds. The number of hydrogen-bond acceptors (Lipinski definition) is 3. The van der Waals surface area contributed by atoms with Crippen molar-refractivity contribution in [1.82, 2.24) is 5.32 Å². The first-order valence-electron chi connectivity index (χ1n) is 10.9. The van der Waals surface area contributed by atoms with E-state index < -0.39 is 17.6 Å². The summed E-state index contributed by atoms with van der Waals surface area (Å²) < 4.78 is 38.6. The average molecular weight is 508 g/mol. The van der Waals surface area contributed by atoms with Gasteiger partial charge in [-0.1, -0.05) is 48.5 Å². The van der Waals surface area contributed by atoms with Gasteiger partial charge in [0.25, 0.3) is 5.91 Å². The number of nitrogens with one attached hydrogen (secondary N) is 3. The maximum absolute atomic E-state index is 12.9. The summed E-state index contributed by atoms with van der Waals surface area (Å²) in [5.41, 5.74) is 0.831. The van der Waals surface area contributed by atoms with E-state index in [1.165, 1.54) is 24.3 Å². The van der Waals surface area contributed by atoms with Crippen molar-refractivity contribution in [1.29, 1.82) is 0 Å². The average Bonchev–Trinajstić information content (AvgIpc) is 2.84. The van der Waals surface area contributed by atoms with E-state index in [0.717, 1.165) is 28.5 Å². The number of carbonyl (C=O) groups excluding carboxylic acids is 2. The Bertz CT molecular complexity index is 1430. The van der Waals surface area contributed by atoms with Crippen LogP contribution in [-0.2, 0) is 17.4 Å². The van der Waals surface area contributed by atoms with Gasteiger partial charge >= 0.3 is 6.18 Å². The molecular weight excluding hydrogens is 487 g/mol. The number of anilines is 2. The molecule has 0 radical (unpaired) electrons. The number of carbonyl (C=O) groups is 2. The van der Waals surface area contributed by atoms with Crippen molar-refractivity contribution in [3.8, 4) is 0 Å². The highest BCUT2D eigenvalue weighted by atomic mass is 32.1. The Kier molecular flexibility index (Phi) is 7.30. The second kappa shape index (κ2) is 10.6. The third kappa shape index (κ3) is 6.25. The molecule has 0 bridgehead atoms. The molecule has 0 aliphatic carbocycles. The molecule has 4 rings (SSSR count). The van der Waals surface area contributed by atoms with Crippen LogP contribution < -0.4 is 16.0 Å². The second-order valence-electron chi connectivity index (χ2n) is 7.93. The van der Waals surface area contributed by atoms with Crippen molar-refractivity contribution in [2.24, 2.45) is 0 Å². The second-order valence-corrected chi connectivity index (χ2v) is 8.34. The van der Waals surface area contributed by atoms with Crippen LogP contribution in [0.15, 0.2) is 91.0 Å². The first-order valence-corrected chi connectivity index (χ1v) is 11.3. The molecule has 0 saturated carbocycles. The molecule has 4 aromatic rings. The van der Waals surface area contributed by atoms with E-state index in [4.69, 9.17) is 12.2 Å². The van der Waals surface area contributed by atoms with Crippen LogP contribution in [0.2, 0.25) is 0 Å². The largest absolute Gasteiger partial charge is 0.416 e. The third-order valence-corrected chi connectivity index (χ3v) is 5.54. The van der Waals surface area contributed by atoms with Crippen molar-refractivity contribution in [2.45, 2.75) is 12.6 Å². The van der Waals surface area contributed by atoms with Crippen LogP contribution in [0.3, 0.4) is 0 Å². The van der Waals surface area contributed by atoms with Gasteiger partial charge in [0, 0.05) is 16.9 Å². The normalized spacial score (nSPS) is 11.1. The molecule has 0 aliphatic rings. The Morgan fingerprint density at radius 2 is 1.47 bits per heavy atom. The Morgan fingerprint density at radius 1 is 0.778 bits per heavy atom. The van der Waals surface area contributed by atoms with E-state index in [9.17, 15) is 22.8 Å². The highest BCUT2D eigenvalue weighted by Gasteiger charge is 2.30. The van der Waals surface area contributed by atoms with Crippen LogP contribution in [0, 0.1) is 0 Å². The first kappa shape index (κ1) is 24.9. The number of hydrogen-bond donors (Lipinski definition) is 3. The molecule has 0 fully saturated rings.